The summed E-state index contributed by atoms with van der Waals surface area (Å²) in [5.74, 6) is -0.181. The highest BCUT2D eigenvalue weighted by Crippen LogP contribution is 2.55. The third kappa shape index (κ3) is 1.83. The fraction of sp³-hybridized carbons (Fsp3) is 0.529. The fourth-order valence-corrected chi connectivity index (χ4v) is 4.71. The number of hydrogen-bond acceptors (Lipinski definition) is 3. The lowest BCUT2D eigenvalue weighted by atomic mass is 9.61. The second-order valence-corrected chi connectivity index (χ2v) is 7.07. The zero-order valence-electron chi connectivity index (χ0n) is 12.4. The van der Waals surface area contributed by atoms with Crippen molar-refractivity contribution in [3.05, 3.63) is 28.8 Å². The van der Waals surface area contributed by atoms with Crippen molar-refractivity contribution in [2.75, 3.05) is 0 Å². The molecule has 22 heavy (non-hydrogen) atoms. The Hall–Kier alpha value is -1.55. The van der Waals surface area contributed by atoms with Crippen molar-refractivity contribution in [2.24, 2.45) is 11.8 Å². The van der Waals surface area contributed by atoms with Crippen molar-refractivity contribution in [2.45, 2.75) is 44.2 Å². The number of benzene rings is 1. The lowest BCUT2D eigenvalue weighted by Crippen LogP contribution is -2.69. The first kappa shape index (κ1) is 14.1. The molecule has 0 spiro atoms. The van der Waals surface area contributed by atoms with E-state index in [1.807, 2.05) is 12.1 Å². The van der Waals surface area contributed by atoms with Gasteiger partial charge in [-0.3, -0.25) is 9.59 Å². The van der Waals surface area contributed by atoms with E-state index in [0.29, 0.717) is 5.02 Å². The summed E-state index contributed by atoms with van der Waals surface area (Å²) in [6.07, 6.45) is 3.88. The standard InChI is InChI=1S/C17H18ClNO3/c1-9(20)14-15-11-8-10(18)5-6-13(11)22-17(19-16(14)21)7-3-2-4-12(15)17/h5-6,8,12,14-15H,2-4,7H2,1H3,(H,19,21)/t12-,14-,15-,17+/m1/s1. The van der Waals surface area contributed by atoms with Crippen LogP contribution in [-0.4, -0.2) is 17.4 Å². The third-order valence-corrected chi connectivity index (χ3v) is 5.62. The Labute approximate surface area is 134 Å². The maximum absolute atomic E-state index is 12.5. The Balaban J connectivity index is 1.93. The molecule has 1 aromatic carbocycles. The molecule has 3 aliphatic rings. The first-order valence-electron chi connectivity index (χ1n) is 7.83. The molecular formula is C17H18ClNO3. The average Bonchev–Trinajstić information content (AvgIpc) is 2.46. The number of carbonyl (C=O) groups excluding carboxylic acids is 2. The van der Waals surface area contributed by atoms with Crippen LogP contribution in [0.15, 0.2) is 18.2 Å². The van der Waals surface area contributed by atoms with Crippen LogP contribution < -0.4 is 10.1 Å². The molecule has 0 unspecified atom stereocenters. The predicted molar refractivity (Wildman–Crippen MR) is 81.8 cm³/mol. The summed E-state index contributed by atoms with van der Waals surface area (Å²) in [6.45, 7) is 1.50. The first-order chi connectivity index (χ1) is 10.5. The Kier molecular flexibility index (Phi) is 3.02. The van der Waals surface area contributed by atoms with Crippen LogP contribution in [0.4, 0.5) is 0 Å². The summed E-state index contributed by atoms with van der Waals surface area (Å²) < 4.78 is 6.25. The lowest BCUT2D eigenvalue weighted by molar-refractivity contribution is -0.160. The van der Waals surface area contributed by atoms with Gasteiger partial charge in [0.2, 0.25) is 5.91 Å². The normalized spacial score (nSPS) is 35.7. The van der Waals surface area contributed by atoms with Gasteiger partial charge in [-0.25, -0.2) is 0 Å². The van der Waals surface area contributed by atoms with Crippen LogP contribution >= 0.6 is 11.6 Å². The minimum absolute atomic E-state index is 0.0884. The number of halogens is 1. The number of piperidine rings is 1. The minimum Gasteiger partial charge on any atom is -0.467 e. The highest BCUT2D eigenvalue weighted by atomic mass is 35.5. The van der Waals surface area contributed by atoms with E-state index in [9.17, 15) is 9.59 Å². The molecule has 1 N–H and O–H groups in total. The number of Topliss-reactive ketones (excluding diaryl/α,β-unsaturated/α-hetero) is 1. The van der Waals surface area contributed by atoms with Gasteiger partial charge >= 0.3 is 0 Å². The molecule has 1 saturated carbocycles. The van der Waals surface area contributed by atoms with Gasteiger partial charge in [-0.05, 0) is 38.0 Å². The summed E-state index contributed by atoms with van der Waals surface area (Å²) in [5.41, 5.74) is 0.261. The molecule has 4 rings (SSSR count). The van der Waals surface area contributed by atoms with Crippen LogP contribution in [0.25, 0.3) is 0 Å². The maximum Gasteiger partial charge on any atom is 0.234 e. The zero-order valence-corrected chi connectivity index (χ0v) is 13.2. The van der Waals surface area contributed by atoms with Gasteiger partial charge in [0.25, 0.3) is 0 Å². The number of nitrogens with one attached hydrogen (secondary N) is 1. The molecule has 2 fully saturated rings. The molecule has 0 radical (unpaired) electrons. The average molecular weight is 320 g/mol. The molecule has 5 heteroatoms. The molecular weight excluding hydrogens is 302 g/mol. The van der Waals surface area contributed by atoms with E-state index >= 15 is 0 Å². The van der Waals surface area contributed by atoms with Crippen molar-refractivity contribution in [1.82, 2.24) is 5.32 Å². The molecule has 1 aromatic rings. The second-order valence-electron chi connectivity index (χ2n) is 6.63. The van der Waals surface area contributed by atoms with Crippen molar-refractivity contribution >= 4 is 23.3 Å². The van der Waals surface area contributed by atoms with Crippen LogP contribution in [0, 0.1) is 11.8 Å². The Morgan fingerprint density at radius 1 is 1.41 bits per heavy atom. The van der Waals surface area contributed by atoms with E-state index in [4.69, 9.17) is 16.3 Å². The molecule has 1 saturated heterocycles. The van der Waals surface area contributed by atoms with Crippen LogP contribution in [0.3, 0.4) is 0 Å². The van der Waals surface area contributed by atoms with Crippen molar-refractivity contribution < 1.29 is 14.3 Å². The second kappa shape index (κ2) is 4.72. The summed E-state index contributed by atoms with van der Waals surface area (Å²) >= 11 is 6.15. The van der Waals surface area contributed by atoms with Crippen molar-refractivity contribution in [1.29, 1.82) is 0 Å². The number of carbonyl (C=O) groups is 2. The first-order valence-corrected chi connectivity index (χ1v) is 8.20. The van der Waals surface area contributed by atoms with Gasteiger partial charge in [-0.1, -0.05) is 18.0 Å². The predicted octanol–water partition coefficient (Wildman–Crippen LogP) is 3.04. The molecule has 2 aliphatic heterocycles. The number of ether oxygens (including phenoxy) is 1. The van der Waals surface area contributed by atoms with Gasteiger partial charge in [-0.15, -0.1) is 0 Å². The Bertz CT molecular complexity index is 674. The highest BCUT2D eigenvalue weighted by Gasteiger charge is 2.60. The van der Waals surface area contributed by atoms with Crippen LogP contribution in [-0.2, 0) is 9.59 Å². The molecule has 116 valence electrons. The summed E-state index contributed by atoms with van der Waals surface area (Å²) in [6, 6.07) is 5.50. The number of ketones is 1. The van der Waals surface area contributed by atoms with E-state index < -0.39 is 11.6 Å². The Morgan fingerprint density at radius 2 is 2.23 bits per heavy atom. The van der Waals surface area contributed by atoms with Gasteiger partial charge in [0, 0.05) is 28.8 Å². The number of amides is 1. The van der Waals surface area contributed by atoms with Gasteiger partial charge in [0.1, 0.15) is 17.5 Å². The quantitative estimate of drug-likeness (QED) is 0.809. The summed E-state index contributed by atoms with van der Waals surface area (Å²) in [5, 5.41) is 3.65. The van der Waals surface area contributed by atoms with Crippen LogP contribution in [0.2, 0.25) is 5.02 Å². The van der Waals surface area contributed by atoms with Crippen molar-refractivity contribution in [3.63, 3.8) is 0 Å². The highest BCUT2D eigenvalue weighted by molar-refractivity contribution is 6.30. The Morgan fingerprint density at radius 3 is 3.00 bits per heavy atom. The van der Waals surface area contributed by atoms with E-state index in [1.165, 1.54) is 6.92 Å². The van der Waals surface area contributed by atoms with Crippen LogP contribution in [0.1, 0.15) is 44.1 Å². The lowest BCUT2D eigenvalue weighted by Gasteiger charge is -2.56. The third-order valence-electron chi connectivity index (χ3n) is 5.38. The molecule has 2 heterocycles. The molecule has 1 amide bonds. The topological polar surface area (TPSA) is 55.4 Å². The largest absolute Gasteiger partial charge is 0.467 e. The van der Waals surface area contributed by atoms with Crippen molar-refractivity contribution in [3.8, 4) is 5.75 Å². The van der Waals surface area contributed by atoms with Gasteiger partial charge in [-0.2, -0.15) is 0 Å². The molecule has 4 nitrogen and oxygen atoms in total. The van der Waals surface area contributed by atoms with E-state index in [2.05, 4.69) is 5.32 Å². The number of hydrogen-bond donors (Lipinski definition) is 1. The molecule has 2 bridgehead atoms. The molecule has 4 atom stereocenters. The van der Waals surface area contributed by atoms with Crippen LogP contribution in [0.5, 0.6) is 5.75 Å². The van der Waals surface area contributed by atoms with Gasteiger partial charge in [0.05, 0.1) is 0 Å². The minimum atomic E-state index is -0.646. The smallest absolute Gasteiger partial charge is 0.234 e. The van der Waals surface area contributed by atoms with Gasteiger partial charge < -0.3 is 10.1 Å². The SMILES string of the molecule is CC(=O)[C@H]1C(=O)N[C@]23CCCC[C@@H]2[C@H]1c1cc(Cl)ccc1O3. The maximum atomic E-state index is 12.5. The number of rotatable bonds is 1. The summed E-state index contributed by atoms with van der Waals surface area (Å²) in [4.78, 5) is 24.7. The van der Waals surface area contributed by atoms with Gasteiger partial charge in [0.15, 0.2) is 5.72 Å². The molecule has 0 aromatic heterocycles. The molecule has 1 aliphatic carbocycles. The summed E-state index contributed by atoms with van der Waals surface area (Å²) in [7, 11) is 0. The zero-order chi connectivity index (χ0) is 15.5. The van der Waals surface area contributed by atoms with E-state index in [-0.39, 0.29) is 23.5 Å². The number of fused-ring (bicyclic) bond motifs is 2. The monoisotopic (exact) mass is 319 g/mol. The van der Waals surface area contributed by atoms with E-state index in [1.54, 1.807) is 6.07 Å². The fourth-order valence-electron chi connectivity index (χ4n) is 4.53. The van der Waals surface area contributed by atoms with E-state index in [0.717, 1.165) is 37.0 Å².